The van der Waals surface area contributed by atoms with Crippen LogP contribution in [0.25, 0.3) is 11.1 Å². The first kappa shape index (κ1) is 19.2. The molecule has 0 fully saturated rings. The van der Waals surface area contributed by atoms with Crippen LogP contribution in [0.1, 0.15) is 63.1 Å². The van der Waals surface area contributed by atoms with E-state index in [2.05, 4.69) is 0 Å². The van der Waals surface area contributed by atoms with E-state index in [4.69, 9.17) is 0 Å². The fourth-order valence-electron chi connectivity index (χ4n) is 3.36. The Morgan fingerprint density at radius 2 is 1.56 bits per heavy atom. The summed E-state index contributed by atoms with van der Waals surface area (Å²) >= 11 is 0. The van der Waals surface area contributed by atoms with Crippen LogP contribution in [0.4, 0.5) is 0 Å². The van der Waals surface area contributed by atoms with Crippen molar-refractivity contribution in [1.82, 2.24) is 4.90 Å². The first-order valence-corrected chi connectivity index (χ1v) is 9.07. The monoisotopic (exact) mass is 339 g/mol. The summed E-state index contributed by atoms with van der Waals surface area (Å²) in [5, 5.41) is 10.5. The molecule has 2 aromatic rings. The summed E-state index contributed by atoms with van der Waals surface area (Å²) in [6.45, 7) is 10.0. The molecule has 0 heterocycles. The van der Waals surface area contributed by atoms with E-state index in [1.807, 2.05) is 88.0 Å². The molecule has 2 aromatic carbocycles. The van der Waals surface area contributed by atoms with E-state index >= 15 is 0 Å². The summed E-state index contributed by atoms with van der Waals surface area (Å²) in [7, 11) is 0. The number of hydrogen-bond acceptors (Lipinski definition) is 2. The van der Waals surface area contributed by atoms with Gasteiger partial charge in [-0.3, -0.25) is 4.79 Å². The van der Waals surface area contributed by atoms with Gasteiger partial charge in [-0.15, -0.1) is 0 Å². The van der Waals surface area contributed by atoms with Gasteiger partial charge in [0, 0.05) is 12.1 Å². The first-order chi connectivity index (χ1) is 11.9. The number of amides is 1. The van der Waals surface area contributed by atoms with Crippen molar-refractivity contribution in [2.75, 3.05) is 0 Å². The van der Waals surface area contributed by atoms with Gasteiger partial charge in [0.05, 0.1) is 11.7 Å². The van der Waals surface area contributed by atoms with Crippen molar-refractivity contribution in [2.45, 2.75) is 59.2 Å². The molecule has 0 radical (unpaired) electrons. The molecule has 25 heavy (non-hydrogen) atoms. The number of carbonyl (C=O) groups is 1. The topological polar surface area (TPSA) is 40.5 Å². The van der Waals surface area contributed by atoms with Gasteiger partial charge in [0.15, 0.2) is 0 Å². The molecule has 0 bridgehead atoms. The molecule has 3 nitrogen and oxygen atoms in total. The van der Waals surface area contributed by atoms with E-state index in [9.17, 15) is 9.90 Å². The van der Waals surface area contributed by atoms with Crippen molar-refractivity contribution in [2.24, 2.45) is 0 Å². The van der Waals surface area contributed by atoms with E-state index < -0.39 is 6.10 Å². The van der Waals surface area contributed by atoms with Crippen LogP contribution in [0.5, 0.6) is 0 Å². The van der Waals surface area contributed by atoms with Crippen LogP contribution in [-0.2, 0) is 0 Å². The van der Waals surface area contributed by atoms with Crippen LogP contribution in [-0.4, -0.2) is 28.0 Å². The van der Waals surface area contributed by atoms with Crippen molar-refractivity contribution in [1.29, 1.82) is 0 Å². The molecule has 2 rings (SSSR count). The molecule has 0 aromatic heterocycles. The average molecular weight is 339 g/mol. The molecule has 0 aliphatic heterocycles. The molecule has 0 aliphatic carbocycles. The minimum absolute atomic E-state index is 0.0213. The molecular formula is C22H29NO2. The third kappa shape index (κ3) is 4.10. The van der Waals surface area contributed by atoms with Gasteiger partial charge in [0.1, 0.15) is 0 Å². The van der Waals surface area contributed by atoms with E-state index in [1.165, 1.54) is 0 Å². The third-order valence-electron chi connectivity index (χ3n) is 4.49. The Bertz CT molecular complexity index is 699. The smallest absolute Gasteiger partial charge is 0.255 e. The molecule has 0 saturated carbocycles. The Morgan fingerprint density at radius 1 is 0.960 bits per heavy atom. The highest BCUT2D eigenvalue weighted by molar-refractivity contribution is 6.02. The van der Waals surface area contributed by atoms with Gasteiger partial charge in [-0.05, 0) is 50.8 Å². The van der Waals surface area contributed by atoms with Crippen molar-refractivity contribution in [3.8, 4) is 11.1 Å². The van der Waals surface area contributed by atoms with Crippen LogP contribution in [0.15, 0.2) is 48.5 Å². The van der Waals surface area contributed by atoms with Crippen LogP contribution < -0.4 is 0 Å². The fraction of sp³-hybridized carbons (Fsp3) is 0.409. The maximum absolute atomic E-state index is 13.5. The fourth-order valence-corrected chi connectivity index (χ4v) is 3.36. The van der Waals surface area contributed by atoms with Gasteiger partial charge in [0.2, 0.25) is 0 Å². The first-order valence-electron chi connectivity index (χ1n) is 9.07. The lowest BCUT2D eigenvalue weighted by Crippen LogP contribution is -2.42. The highest BCUT2D eigenvalue weighted by Crippen LogP contribution is 2.32. The van der Waals surface area contributed by atoms with Gasteiger partial charge in [0.25, 0.3) is 5.91 Å². The normalized spacial score (nSPS) is 12.5. The maximum atomic E-state index is 13.5. The number of rotatable bonds is 6. The van der Waals surface area contributed by atoms with E-state index in [-0.39, 0.29) is 18.0 Å². The third-order valence-corrected chi connectivity index (χ3v) is 4.49. The minimum atomic E-state index is -0.649. The highest BCUT2D eigenvalue weighted by atomic mass is 16.3. The van der Waals surface area contributed by atoms with Crippen LogP contribution in [0.3, 0.4) is 0 Å². The quantitative estimate of drug-likeness (QED) is 0.799. The predicted octanol–water partition coefficient (Wildman–Crippen LogP) is 5.06. The molecule has 1 N–H and O–H groups in total. The second kappa shape index (κ2) is 8.30. The lowest BCUT2D eigenvalue weighted by Gasteiger charge is -2.32. The van der Waals surface area contributed by atoms with Crippen molar-refractivity contribution in [3.63, 3.8) is 0 Å². The van der Waals surface area contributed by atoms with Crippen LogP contribution in [0.2, 0.25) is 0 Å². The van der Waals surface area contributed by atoms with Gasteiger partial charge in [-0.25, -0.2) is 0 Å². The lowest BCUT2D eigenvalue weighted by molar-refractivity contribution is 0.0637. The molecule has 0 aliphatic rings. The second-order valence-corrected chi connectivity index (χ2v) is 6.96. The van der Waals surface area contributed by atoms with Gasteiger partial charge < -0.3 is 10.0 Å². The zero-order valence-electron chi connectivity index (χ0n) is 15.9. The zero-order valence-corrected chi connectivity index (χ0v) is 15.9. The summed E-state index contributed by atoms with van der Waals surface area (Å²) in [4.78, 5) is 15.4. The Hall–Kier alpha value is -2.13. The molecule has 0 spiro atoms. The predicted molar refractivity (Wildman–Crippen MR) is 104 cm³/mol. The number of hydrogen-bond donors (Lipinski definition) is 1. The molecule has 3 heteroatoms. The molecule has 1 amide bonds. The SMILES string of the molecule is CC[C@H](O)c1cccc(-c2ccccc2)c1C(=O)N(C(C)C)C(C)C. The number of carbonyl (C=O) groups excluding carboxylic acids is 1. The number of aliphatic hydroxyl groups is 1. The second-order valence-electron chi connectivity index (χ2n) is 6.96. The largest absolute Gasteiger partial charge is 0.388 e. The number of benzene rings is 2. The average Bonchev–Trinajstić information content (AvgIpc) is 2.60. The lowest BCUT2D eigenvalue weighted by atomic mass is 9.90. The number of aliphatic hydroxyl groups excluding tert-OH is 1. The molecule has 0 unspecified atom stereocenters. The Kier molecular flexibility index (Phi) is 6.38. The number of nitrogens with zero attached hydrogens (tertiary/aromatic N) is 1. The van der Waals surface area contributed by atoms with Crippen molar-refractivity contribution < 1.29 is 9.90 Å². The van der Waals surface area contributed by atoms with Crippen LogP contribution >= 0.6 is 0 Å². The Morgan fingerprint density at radius 3 is 2.08 bits per heavy atom. The maximum Gasteiger partial charge on any atom is 0.255 e. The summed E-state index contributed by atoms with van der Waals surface area (Å²) in [5.74, 6) is -0.0213. The summed E-state index contributed by atoms with van der Waals surface area (Å²) in [5.41, 5.74) is 3.19. The molecule has 1 atom stereocenters. The summed E-state index contributed by atoms with van der Waals surface area (Å²) in [6.07, 6.45) is -0.0780. The van der Waals surface area contributed by atoms with E-state index in [1.54, 1.807) is 0 Å². The Labute approximate surface area is 151 Å². The van der Waals surface area contributed by atoms with E-state index in [0.717, 1.165) is 11.1 Å². The standard InChI is InChI=1S/C22H29NO2/c1-6-20(24)19-14-10-13-18(17-11-8-7-9-12-17)21(19)22(25)23(15(2)3)16(4)5/h7-16,20,24H,6H2,1-5H3/t20-/m0/s1. The summed E-state index contributed by atoms with van der Waals surface area (Å²) < 4.78 is 0. The molecule has 0 saturated heterocycles. The van der Waals surface area contributed by atoms with E-state index in [0.29, 0.717) is 17.5 Å². The highest BCUT2D eigenvalue weighted by Gasteiger charge is 2.28. The zero-order chi connectivity index (χ0) is 18.6. The van der Waals surface area contributed by atoms with Crippen molar-refractivity contribution in [3.05, 3.63) is 59.7 Å². The van der Waals surface area contributed by atoms with Gasteiger partial charge >= 0.3 is 0 Å². The van der Waals surface area contributed by atoms with Gasteiger partial charge in [-0.2, -0.15) is 0 Å². The van der Waals surface area contributed by atoms with Crippen molar-refractivity contribution >= 4 is 5.91 Å². The Balaban J connectivity index is 2.69. The van der Waals surface area contributed by atoms with Gasteiger partial charge in [-0.1, -0.05) is 55.5 Å². The molecular weight excluding hydrogens is 310 g/mol. The molecule has 134 valence electrons. The summed E-state index contributed by atoms with van der Waals surface area (Å²) in [6, 6.07) is 15.8. The minimum Gasteiger partial charge on any atom is -0.388 e. The van der Waals surface area contributed by atoms with Crippen LogP contribution in [0, 0.1) is 0 Å².